The highest BCUT2D eigenvalue weighted by atomic mass is 19.1. The summed E-state index contributed by atoms with van der Waals surface area (Å²) in [5, 5.41) is 31.4. The van der Waals surface area contributed by atoms with Gasteiger partial charge in [-0.05, 0) is 69.8 Å². The first-order chi connectivity index (χ1) is 22.7. The molecular formula is C34H41F2N5O6. The van der Waals surface area contributed by atoms with Crippen molar-refractivity contribution in [2.24, 2.45) is 5.41 Å². The van der Waals surface area contributed by atoms with Crippen LogP contribution in [0.25, 0.3) is 32.9 Å². The second-order valence-corrected chi connectivity index (χ2v) is 12.4. The molecule has 3 atom stereocenters. The van der Waals surface area contributed by atoms with Gasteiger partial charge in [-0.25, -0.2) is 13.8 Å². The molecule has 1 aliphatic heterocycles. The number of benzene rings is 2. The van der Waals surface area contributed by atoms with Crippen LogP contribution >= 0.6 is 0 Å². The molecule has 6 rings (SSSR count). The molecule has 2 aliphatic rings. The normalized spacial score (nSPS) is 20.4. The number of aromatic hydroxyl groups is 1. The number of ether oxygens (including phenoxy) is 3. The first kappa shape index (κ1) is 33.0. The lowest BCUT2D eigenvalue weighted by Gasteiger charge is -2.44. The minimum Gasteiger partial charge on any atom is -0.508 e. The second-order valence-electron chi connectivity index (χ2n) is 12.4. The fourth-order valence-corrected chi connectivity index (χ4v) is 7.52. The summed E-state index contributed by atoms with van der Waals surface area (Å²) in [5.74, 6) is -1.77. The quantitative estimate of drug-likeness (QED) is 0.185. The van der Waals surface area contributed by atoms with Crippen LogP contribution in [-0.4, -0.2) is 101 Å². The van der Waals surface area contributed by atoms with Gasteiger partial charge in [0, 0.05) is 29.0 Å². The highest BCUT2D eigenvalue weighted by Gasteiger charge is 2.47. The van der Waals surface area contributed by atoms with E-state index in [9.17, 15) is 15.3 Å². The van der Waals surface area contributed by atoms with Gasteiger partial charge in [-0.15, -0.1) is 0 Å². The Hall–Kier alpha value is -3.91. The van der Waals surface area contributed by atoms with Crippen molar-refractivity contribution < 1.29 is 38.3 Å². The number of aromatic nitrogens is 3. The molecule has 1 aliphatic carbocycles. The van der Waals surface area contributed by atoms with E-state index < -0.39 is 24.5 Å². The number of nitrogens with zero attached hydrogens (tertiary/aromatic N) is 5. The summed E-state index contributed by atoms with van der Waals surface area (Å²) < 4.78 is 49.7. The van der Waals surface area contributed by atoms with Crippen molar-refractivity contribution in [3.05, 3.63) is 42.0 Å². The summed E-state index contributed by atoms with van der Waals surface area (Å²) in [6.07, 6.45) is 4.47. The van der Waals surface area contributed by atoms with Gasteiger partial charge in [0.15, 0.2) is 11.6 Å². The number of piperidine rings is 1. The van der Waals surface area contributed by atoms with Gasteiger partial charge in [-0.1, -0.05) is 18.6 Å². The van der Waals surface area contributed by atoms with Crippen LogP contribution in [0.1, 0.15) is 39.0 Å². The zero-order chi connectivity index (χ0) is 33.3. The molecule has 0 radical (unpaired) electrons. The molecule has 0 bridgehead atoms. The standard InChI is InChI=1S/C34H41F2N5O6/c1-4-46-22(17-42)16-41(19-43)31-27-30(38-33(39-31)47-18-34-11-6-10-25(34)40(2)13-7-12-34)28(36)29(37-32(27)45-3)23-15-21(44)14-20-8-5-9-24(35)26(20)23/h5,8-9,14-15,22,25,42-44H,4,6-7,10-13,16-19H2,1-3H3/t22-,25?,34?/m1/s1. The maximum absolute atomic E-state index is 16.9. The van der Waals surface area contributed by atoms with Crippen molar-refractivity contribution in [1.82, 2.24) is 19.9 Å². The van der Waals surface area contributed by atoms with E-state index in [1.807, 2.05) is 0 Å². The van der Waals surface area contributed by atoms with E-state index in [1.165, 1.54) is 36.3 Å². The van der Waals surface area contributed by atoms with Crippen LogP contribution in [0.3, 0.4) is 0 Å². The highest BCUT2D eigenvalue weighted by molar-refractivity contribution is 6.02. The number of aliphatic hydroxyl groups excluding tert-OH is 2. The first-order valence-corrected chi connectivity index (χ1v) is 16.0. The molecule has 2 aromatic carbocycles. The number of phenolic OH excluding ortho intramolecular Hbond substituents is 1. The number of phenols is 1. The van der Waals surface area contributed by atoms with E-state index in [1.54, 1.807) is 13.0 Å². The van der Waals surface area contributed by atoms with Crippen molar-refractivity contribution in [1.29, 1.82) is 0 Å². The molecule has 2 aromatic heterocycles. The zero-order valence-electron chi connectivity index (χ0n) is 26.9. The van der Waals surface area contributed by atoms with E-state index in [2.05, 4.69) is 26.9 Å². The predicted octanol–water partition coefficient (Wildman–Crippen LogP) is 4.63. The number of aliphatic hydroxyl groups is 2. The van der Waals surface area contributed by atoms with Gasteiger partial charge in [-0.2, -0.15) is 9.97 Å². The summed E-state index contributed by atoms with van der Waals surface area (Å²) in [6, 6.07) is 7.23. The van der Waals surface area contributed by atoms with E-state index in [4.69, 9.17) is 14.2 Å². The molecule has 1 saturated heterocycles. The second kappa shape index (κ2) is 13.7. The Morgan fingerprint density at radius 1 is 1.11 bits per heavy atom. The lowest BCUT2D eigenvalue weighted by molar-refractivity contribution is 0.0132. The van der Waals surface area contributed by atoms with Crippen LogP contribution in [-0.2, 0) is 4.74 Å². The van der Waals surface area contributed by atoms with Gasteiger partial charge >= 0.3 is 6.01 Å². The molecule has 4 aromatic rings. The molecule has 0 spiro atoms. The molecular weight excluding hydrogens is 612 g/mol. The Kier molecular flexibility index (Phi) is 9.60. The number of hydrogen-bond donors (Lipinski definition) is 3. The van der Waals surface area contributed by atoms with Gasteiger partial charge in [0.25, 0.3) is 0 Å². The predicted molar refractivity (Wildman–Crippen MR) is 173 cm³/mol. The third kappa shape index (κ3) is 6.13. The van der Waals surface area contributed by atoms with Crippen LogP contribution in [0.2, 0.25) is 0 Å². The number of methoxy groups -OCH3 is 1. The Morgan fingerprint density at radius 2 is 1.91 bits per heavy atom. The average molecular weight is 654 g/mol. The minimum atomic E-state index is -0.917. The Balaban J connectivity index is 1.54. The molecule has 0 amide bonds. The smallest absolute Gasteiger partial charge is 0.319 e. The summed E-state index contributed by atoms with van der Waals surface area (Å²) in [4.78, 5) is 17.4. The Morgan fingerprint density at radius 3 is 2.66 bits per heavy atom. The third-order valence-corrected chi connectivity index (χ3v) is 9.64. The van der Waals surface area contributed by atoms with Crippen LogP contribution in [0.15, 0.2) is 30.3 Å². The molecule has 11 nitrogen and oxygen atoms in total. The van der Waals surface area contributed by atoms with Gasteiger partial charge in [0.2, 0.25) is 5.88 Å². The summed E-state index contributed by atoms with van der Waals surface area (Å²) in [6.45, 7) is 2.54. The van der Waals surface area contributed by atoms with Gasteiger partial charge in [-0.3, -0.25) is 0 Å². The maximum Gasteiger partial charge on any atom is 0.319 e. The highest BCUT2D eigenvalue weighted by Crippen LogP contribution is 2.48. The fraction of sp³-hybridized carbons (Fsp3) is 0.500. The molecule has 252 valence electrons. The molecule has 2 unspecified atom stereocenters. The number of pyridine rings is 1. The lowest BCUT2D eigenvalue weighted by atomic mass is 9.76. The first-order valence-electron chi connectivity index (χ1n) is 16.0. The van der Waals surface area contributed by atoms with Crippen molar-refractivity contribution in [2.45, 2.75) is 51.2 Å². The maximum atomic E-state index is 16.9. The Labute approximate surface area is 271 Å². The largest absolute Gasteiger partial charge is 0.508 e. The Bertz CT molecular complexity index is 1760. The third-order valence-electron chi connectivity index (χ3n) is 9.64. The van der Waals surface area contributed by atoms with Gasteiger partial charge in [0.05, 0.1) is 33.0 Å². The summed E-state index contributed by atoms with van der Waals surface area (Å²) in [7, 11) is 3.48. The van der Waals surface area contributed by atoms with Crippen LogP contribution in [0.5, 0.6) is 17.6 Å². The van der Waals surface area contributed by atoms with Gasteiger partial charge in [0.1, 0.15) is 34.9 Å². The van der Waals surface area contributed by atoms with Crippen molar-refractivity contribution in [2.75, 3.05) is 58.7 Å². The number of likely N-dealkylation sites (tertiary alicyclic amines) is 1. The van der Waals surface area contributed by atoms with E-state index in [0.717, 1.165) is 38.6 Å². The lowest BCUT2D eigenvalue weighted by Crippen LogP contribution is -2.50. The SMILES string of the molecule is CCO[C@@H](CO)CN(CO)c1nc(OCC23CCCC2N(C)CCC3)nc2c(F)c(-c3cc(O)cc4cccc(F)c34)nc(OC)c12. The molecule has 47 heavy (non-hydrogen) atoms. The number of fused-ring (bicyclic) bond motifs is 3. The monoisotopic (exact) mass is 653 g/mol. The van der Waals surface area contributed by atoms with E-state index in [-0.39, 0.29) is 69.6 Å². The number of hydrogen-bond acceptors (Lipinski definition) is 11. The number of rotatable bonds is 12. The summed E-state index contributed by atoms with van der Waals surface area (Å²) >= 11 is 0. The minimum absolute atomic E-state index is 0.00185. The van der Waals surface area contributed by atoms with E-state index in [0.29, 0.717) is 24.6 Å². The summed E-state index contributed by atoms with van der Waals surface area (Å²) in [5.41, 5.74) is -0.614. The molecule has 3 heterocycles. The van der Waals surface area contributed by atoms with Crippen molar-refractivity contribution in [3.8, 4) is 28.9 Å². The zero-order valence-corrected chi connectivity index (χ0v) is 26.9. The molecule has 2 fully saturated rings. The molecule has 3 N–H and O–H groups in total. The molecule has 13 heteroatoms. The van der Waals surface area contributed by atoms with Crippen LogP contribution < -0.4 is 14.4 Å². The van der Waals surface area contributed by atoms with E-state index >= 15 is 8.78 Å². The van der Waals surface area contributed by atoms with Crippen LogP contribution in [0, 0.1) is 17.0 Å². The fourth-order valence-electron chi connectivity index (χ4n) is 7.52. The van der Waals surface area contributed by atoms with Crippen LogP contribution in [0.4, 0.5) is 14.6 Å². The molecule has 1 saturated carbocycles. The number of anilines is 1. The van der Waals surface area contributed by atoms with Gasteiger partial charge < -0.3 is 39.3 Å². The topological polar surface area (TPSA) is 134 Å². The average Bonchev–Trinajstić information content (AvgIpc) is 3.51. The van der Waals surface area contributed by atoms with Crippen molar-refractivity contribution in [3.63, 3.8) is 0 Å². The van der Waals surface area contributed by atoms with Crippen molar-refractivity contribution >= 4 is 27.5 Å². The number of halogens is 2.